The number of aromatic carboxylic acids is 1. The number of halogens is 1. The van der Waals surface area contributed by atoms with Crippen LogP contribution in [-0.4, -0.2) is 5.97 Å². The number of benzene rings is 2. The van der Waals surface area contributed by atoms with Gasteiger partial charge in [0.25, 0.3) is 0 Å². The maximum Gasteiger partial charge on any atom is 0.0715 e. The van der Waals surface area contributed by atoms with E-state index in [1.165, 1.54) is 0 Å². The van der Waals surface area contributed by atoms with E-state index in [0.717, 1.165) is 28.3 Å². The summed E-state index contributed by atoms with van der Waals surface area (Å²) in [6, 6.07) is 13.1. The Morgan fingerprint density at radius 1 is 1.17 bits per heavy atom. The van der Waals surface area contributed by atoms with Crippen molar-refractivity contribution in [1.82, 2.24) is 0 Å². The molecule has 0 radical (unpaired) electrons. The van der Waals surface area contributed by atoms with Crippen LogP contribution in [0.3, 0.4) is 0 Å². The highest BCUT2D eigenvalue weighted by Crippen LogP contribution is 2.50. The number of anilines is 1. The van der Waals surface area contributed by atoms with E-state index < -0.39 is 5.97 Å². The first-order valence-corrected chi connectivity index (χ1v) is 8.06. The van der Waals surface area contributed by atoms with E-state index >= 15 is 0 Å². The van der Waals surface area contributed by atoms with Gasteiger partial charge in [-0.3, -0.25) is 0 Å². The molecule has 0 saturated carbocycles. The second-order valence-corrected chi connectivity index (χ2v) is 6.49. The number of carboxylic acids is 1. The van der Waals surface area contributed by atoms with Crippen molar-refractivity contribution < 1.29 is 9.90 Å². The zero-order chi connectivity index (χ0) is 16.0. The Morgan fingerprint density at radius 3 is 2.78 bits per heavy atom. The van der Waals surface area contributed by atoms with E-state index in [2.05, 4.69) is 23.5 Å². The number of rotatable bonds is 2. The molecule has 0 bridgehead atoms. The van der Waals surface area contributed by atoms with Crippen molar-refractivity contribution in [3.8, 4) is 0 Å². The summed E-state index contributed by atoms with van der Waals surface area (Å²) in [6.45, 7) is 0. The van der Waals surface area contributed by atoms with Crippen molar-refractivity contribution in [1.29, 1.82) is 0 Å². The molecule has 1 aliphatic carbocycles. The maximum absolute atomic E-state index is 11.1. The highest BCUT2D eigenvalue weighted by molar-refractivity contribution is 6.31. The lowest BCUT2D eigenvalue weighted by Crippen LogP contribution is -2.30. The molecule has 3 nitrogen and oxygen atoms in total. The van der Waals surface area contributed by atoms with Gasteiger partial charge in [0.05, 0.1) is 12.0 Å². The fraction of sp³-hybridized carbons (Fsp3) is 0.211. The topological polar surface area (TPSA) is 52.2 Å². The first-order valence-electron chi connectivity index (χ1n) is 7.68. The Balaban J connectivity index is 1.81. The molecule has 2 aliphatic rings. The van der Waals surface area contributed by atoms with Crippen LogP contribution in [0.2, 0.25) is 5.02 Å². The molecular formula is C19H15ClNO2-. The smallest absolute Gasteiger partial charge is 0.0715 e. The fourth-order valence-corrected chi connectivity index (χ4v) is 4.01. The van der Waals surface area contributed by atoms with Gasteiger partial charge < -0.3 is 15.2 Å². The third-order valence-electron chi connectivity index (χ3n) is 4.84. The summed E-state index contributed by atoms with van der Waals surface area (Å²) in [5.41, 5.74) is 3.30. The lowest BCUT2D eigenvalue weighted by atomic mass is 9.76. The number of carbonyl (C=O) groups is 1. The third kappa shape index (κ3) is 2.32. The molecular weight excluding hydrogens is 310 g/mol. The molecule has 3 atom stereocenters. The van der Waals surface area contributed by atoms with E-state index in [0.29, 0.717) is 5.92 Å². The van der Waals surface area contributed by atoms with Crippen LogP contribution in [0.25, 0.3) is 0 Å². The van der Waals surface area contributed by atoms with Crippen molar-refractivity contribution in [2.24, 2.45) is 5.92 Å². The summed E-state index contributed by atoms with van der Waals surface area (Å²) < 4.78 is 0. The molecule has 116 valence electrons. The van der Waals surface area contributed by atoms with Gasteiger partial charge >= 0.3 is 0 Å². The van der Waals surface area contributed by atoms with Crippen molar-refractivity contribution in [3.05, 3.63) is 76.3 Å². The van der Waals surface area contributed by atoms with E-state index in [9.17, 15) is 9.90 Å². The van der Waals surface area contributed by atoms with Gasteiger partial charge in [0.15, 0.2) is 0 Å². The highest BCUT2D eigenvalue weighted by Gasteiger charge is 2.38. The average molecular weight is 325 g/mol. The van der Waals surface area contributed by atoms with E-state index in [4.69, 9.17) is 11.6 Å². The largest absolute Gasteiger partial charge is 0.545 e. The van der Waals surface area contributed by atoms with E-state index in [-0.39, 0.29) is 17.5 Å². The van der Waals surface area contributed by atoms with Gasteiger partial charge in [-0.2, -0.15) is 0 Å². The highest BCUT2D eigenvalue weighted by atomic mass is 35.5. The first-order chi connectivity index (χ1) is 11.1. The minimum Gasteiger partial charge on any atom is -0.545 e. The minimum atomic E-state index is -1.14. The summed E-state index contributed by atoms with van der Waals surface area (Å²) in [6.07, 6.45) is 5.29. The van der Waals surface area contributed by atoms with Crippen LogP contribution < -0.4 is 10.4 Å². The lowest BCUT2D eigenvalue weighted by molar-refractivity contribution is -0.255. The number of fused-ring (bicyclic) bond motifs is 3. The first kappa shape index (κ1) is 14.3. The zero-order valence-corrected chi connectivity index (χ0v) is 13.1. The summed E-state index contributed by atoms with van der Waals surface area (Å²) in [5.74, 6) is -0.606. The van der Waals surface area contributed by atoms with Gasteiger partial charge in [0.1, 0.15) is 0 Å². The molecule has 4 heteroatoms. The van der Waals surface area contributed by atoms with Gasteiger partial charge in [-0.25, -0.2) is 0 Å². The second-order valence-electron chi connectivity index (χ2n) is 6.09. The number of carbonyl (C=O) groups excluding carboxylic acids is 1. The van der Waals surface area contributed by atoms with Gasteiger partial charge in [-0.1, -0.05) is 48.0 Å². The predicted molar refractivity (Wildman–Crippen MR) is 88.6 cm³/mol. The molecule has 2 aromatic carbocycles. The normalized spacial score (nSPS) is 24.7. The van der Waals surface area contributed by atoms with E-state index in [1.54, 1.807) is 12.1 Å². The summed E-state index contributed by atoms with van der Waals surface area (Å²) in [7, 11) is 0. The molecule has 0 fully saturated rings. The number of carboxylic acid groups (broad SMARTS) is 1. The monoisotopic (exact) mass is 324 g/mol. The second kappa shape index (κ2) is 5.43. The Kier molecular flexibility index (Phi) is 3.38. The molecule has 0 amide bonds. The molecule has 23 heavy (non-hydrogen) atoms. The van der Waals surface area contributed by atoms with Crippen LogP contribution in [0.4, 0.5) is 5.69 Å². The Morgan fingerprint density at radius 2 is 2.00 bits per heavy atom. The molecule has 0 saturated heterocycles. The lowest BCUT2D eigenvalue weighted by Gasteiger charge is -2.38. The molecule has 0 spiro atoms. The van der Waals surface area contributed by atoms with E-state index in [1.807, 2.05) is 24.3 Å². The fourth-order valence-electron chi connectivity index (χ4n) is 3.76. The van der Waals surface area contributed by atoms with Crippen LogP contribution in [-0.2, 0) is 0 Å². The van der Waals surface area contributed by atoms with Crippen LogP contribution in [0.15, 0.2) is 54.6 Å². The molecule has 1 heterocycles. The Labute approximate surface area is 139 Å². The van der Waals surface area contributed by atoms with Crippen molar-refractivity contribution in [2.45, 2.75) is 18.4 Å². The molecule has 2 aromatic rings. The molecule has 1 N–H and O–H groups in total. The standard InChI is InChI=1S/C19H16ClNO2/c20-16-7-2-1-4-14(16)18-13-6-3-5-12(13)15-10-11(19(22)23)8-9-17(15)21-18/h1-5,7-10,12-13,18,21H,6H2,(H,22,23)/p-1/t12-,13+,18+/m0/s1. The summed E-state index contributed by atoms with van der Waals surface area (Å²) >= 11 is 6.40. The SMILES string of the molecule is O=C([O-])c1ccc2c(c1)[C@H]1C=CC[C@H]1[C@H](c1ccccc1Cl)N2. The van der Waals surface area contributed by atoms with Crippen LogP contribution >= 0.6 is 11.6 Å². The number of nitrogens with one attached hydrogen (secondary N) is 1. The minimum absolute atomic E-state index is 0.116. The molecule has 4 rings (SSSR count). The number of allylic oxidation sites excluding steroid dienone is 2. The van der Waals surface area contributed by atoms with Crippen molar-refractivity contribution in [3.63, 3.8) is 0 Å². The quantitative estimate of drug-likeness (QED) is 0.860. The van der Waals surface area contributed by atoms with Gasteiger partial charge in [0, 0.05) is 16.6 Å². The number of hydrogen-bond donors (Lipinski definition) is 1. The summed E-state index contributed by atoms with van der Waals surface area (Å²) in [4.78, 5) is 11.1. The zero-order valence-electron chi connectivity index (χ0n) is 12.3. The third-order valence-corrected chi connectivity index (χ3v) is 5.18. The maximum atomic E-state index is 11.1. The van der Waals surface area contributed by atoms with Crippen LogP contribution in [0.1, 0.15) is 39.9 Å². The van der Waals surface area contributed by atoms with Crippen molar-refractivity contribution in [2.75, 3.05) is 5.32 Å². The Hall–Kier alpha value is -2.26. The molecule has 1 aliphatic heterocycles. The van der Waals surface area contributed by atoms with Crippen molar-refractivity contribution >= 4 is 23.3 Å². The molecule has 0 unspecified atom stereocenters. The van der Waals surface area contributed by atoms with Gasteiger partial charge in [0.2, 0.25) is 0 Å². The average Bonchev–Trinajstić information content (AvgIpc) is 3.04. The van der Waals surface area contributed by atoms with Gasteiger partial charge in [-0.15, -0.1) is 0 Å². The summed E-state index contributed by atoms with van der Waals surface area (Å²) in [5, 5.41) is 15.5. The van der Waals surface area contributed by atoms with Crippen LogP contribution in [0.5, 0.6) is 0 Å². The molecule has 0 aromatic heterocycles. The number of hydrogen-bond acceptors (Lipinski definition) is 3. The van der Waals surface area contributed by atoms with Gasteiger partial charge in [-0.05, 0) is 47.2 Å². The Bertz CT molecular complexity index is 815. The van der Waals surface area contributed by atoms with Crippen LogP contribution in [0, 0.1) is 5.92 Å². The predicted octanol–water partition coefficient (Wildman–Crippen LogP) is 3.53.